The maximum atomic E-state index is 14.1. The van der Waals surface area contributed by atoms with Gasteiger partial charge in [0.05, 0.1) is 3.57 Å². The summed E-state index contributed by atoms with van der Waals surface area (Å²) in [5, 5.41) is 3.92. The van der Waals surface area contributed by atoms with Crippen molar-refractivity contribution in [1.82, 2.24) is 19.7 Å². The first-order valence-corrected chi connectivity index (χ1v) is 6.79. The highest BCUT2D eigenvalue weighted by Gasteiger charge is 2.51. The number of hydrogen-bond donors (Lipinski definition) is 1. The topological polar surface area (TPSA) is 69.6 Å². The minimum Gasteiger partial charge on any atom is -0.383 e. The molecule has 0 radical (unpaired) electrons. The molecule has 0 bridgehead atoms. The Balaban J connectivity index is 2.09. The molecule has 0 aliphatic heterocycles. The molecule has 3 rings (SSSR count). The molecular weight excluding hydrogens is 367 g/mol. The standard InChI is InChI=1S/C11H10F2IN5/c12-11(13,6-2-3-6)8-7(14)9(15)19(18-8)10-16-4-1-5-17-10/h1,4-6H,2-3,15H2. The third-order valence-corrected chi connectivity index (χ3v) is 4.07. The van der Waals surface area contributed by atoms with E-state index in [1.165, 1.54) is 12.4 Å². The monoisotopic (exact) mass is 377 g/mol. The predicted octanol–water partition coefficient (Wildman–Crippen LogP) is 2.35. The van der Waals surface area contributed by atoms with Crippen LogP contribution in [0.15, 0.2) is 18.5 Å². The molecule has 1 aliphatic rings. The average molecular weight is 377 g/mol. The van der Waals surface area contributed by atoms with Crippen molar-refractivity contribution >= 4 is 28.4 Å². The molecule has 0 unspecified atom stereocenters. The zero-order valence-corrected chi connectivity index (χ0v) is 11.9. The molecule has 0 spiro atoms. The molecule has 2 aromatic heterocycles. The lowest BCUT2D eigenvalue weighted by Gasteiger charge is -2.12. The molecule has 0 atom stereocenters. The Morgan fingerprint density at radius 2 is 1.95 bits per heavy atom. The molecule has 19 heavy (non-hydrogen) atoms. The van der Waals surface area contributed by atoms with Gasteiger partial charge in [-0.2, -0.15) is 18.6 Å². The van der Waals surface area contributed by atoms with E-state index >= 15 is 0 Å². The number of nitrogens with two attached hydrogens (primary N) is 1. The van der Waals surface area contributed by atoms with Gasteiger partial charge in [-0.1, -0.05) is 0 Å². The lowest BCUT2D eigenvalue weighted by Crippen LogP contribution is -2.18. The van der Waals surface area contributed by atoms with Crippen molar-refractivity contribution in [2.24, 2.45) is 5.92 Å². The third kappa shape index (κ3) is 2.07. The SMILES string of the molecule is Nc1c(I)c(C(F)(F)C2CC2)nn1-c1ncccn1. The summed E-state index contributed by atoms with van der Waals surface area (Å²) in [6, 6.07) is 1.63. The largest absolute Gasteiger partial charge is 0.383 e. The van der Waals surface area contributed by atoms with E-state index in [2.05, 4.69) is 15.1 Å². The van der Waals surface area contributed by atoms with Crippen molar-refractivity contribution in [2.45, 2.75) is 18.8 Å². The summed E-state index contributed by atoms with van der Waals surface area (Å²) in [5.74, 6) is -3.23. The molecular formula is C11H10F2IN5. The first-order chi connectivity index (χ1) is 9.01. The fourth-order valence-electron chi connectivity index (χ4n) is 1.82. The Labute approximate surface area is 121 Å². The second kappa shape index (κ2) is 4.36. The number of hydrogen-bond acceptors (Lipinski definition) is 4. The van der Waals surface area contributed by atoms with Crippen LogP contribution in [-0.4, -0.2) is 19.7 Å². The van der Waals surface area contributed by atoms with Crippen molar-refractivity contribution in [1.29, 1.82) is 0 Å². The van der Waals surface area contributed by atoms with Crippen molar-refractivity contribution in [3.8, 4) is 5.95 Å². The van der Waals surface area contributed by atoms with Crippen LogP contribution in [0.1, 0.15) is 18.5 Å². The van der Waals surface area contributed by atoms with Crippen LogP contribution in [0.4, 0.5) is 14.6 Å². The van der Waals surface area contributed by atoms with Gasteiger partial charge in [0.15, 0.2) is 0 Å². The van der Waals surface area contributed by atoms with Crippen LogP contribution >= 0.6 is 22.6 Å². The lowest BCUT2D eigenvalue weighted by atomic mass is 10.1. The van der Waals surface area contributed by atoms with Crippen LogP contribution in [0.2, 0.25) is 0 Å². The average Bonchev–Trinajstić information content (AvgIpc) is 3.20. The number of alkyl halides is 2. The second-order valence-corrected chi connectivity index (χ2v) is 5.48. The Hall–Kier alpha value is -1.32. The fourth-order valence-corrected chi connectivity index (χ4v) is 2.51. The van der Waals surface area contributed by atoms with E-state index in [0.717, 1.165) is 4.68 Å². The zero-order chi connectivity index (χ0) is 13.6. The highest BCUT2D eigenvalue weighted by molar-refractivity contribution is 14.1. The molecule has 0 saturated heterocycles. The molecule has 1 aliphatic carbocycles. The van der Waals surface area contributed by atoms with E-state index < -0.39 is 11.8 Å². The van der Waals surface area contributed by atoms with Gasteiger partial charge in [-0.15, -0.1) is 0 Å². The van der Waals surface area contributed by atoms with E-state index in [-0.39, 0.29) is 21.0 Å². The van der Waals surface area contributed by atoms with Crippen molar-refractivity contribution < 1.29 is 8.78 Å². The lowest BCUT2D eigenvalue weighted by molar-refractivity contribution is -0.0339. The van der Waals surface area contributed by atoms with Crippen molar-refractivity contribution in [3.05, 3.63) is 27.7 Å². The maximum absolute atomic E-state index is 14.1. The third-order valence-electron chi connectivity index (χ3n) is 3.01. The molecule has 1 saturated carbocycles. The Bertz CT molecular complexity index is 609. The number of nitrogen functional groups attached to an aromatic ring is 1. The van der Waals surface area contributed by atoms with Gasteiger partial charge < -0.3 is 5.73 Å². The Morgan fingerprint density at radius 1 is 1.32 bits per heavy atom. The Morgan fingerprint density at radius 3 is 2.53 bits per heavy atom. The molecule has 0 amide bonds. The second-order valence-electron chi connectivity index (χ2n) is 4.41. The molecule has 2 aromatic rings. The van der Waals surface area contributed by atoms with Crippen molar-refractivity contribution in [2.75, 3.05) is 5.73 Å². The zero-order valence-electron chi connectivity index (χ0n) is 9.72. The van der Waals surface area contributed by atoms with Gasteiger partial charge in [-0.25, -0.2) is 9.97 Å². The fraction of sp³-hybridized carbons (Fsp3) is 0.364. The quantitative estimate of drug-likeness (QED) is 0.834. The summed E-state index contributed by atoms with van der Waals surface area (Å²) < 4.78 is 29.7. The van der Waals surface area contributed by atoms with Crippen LogP contribution in [-0.2, 0) is 5.92 Å². The van der Waals surface area contributed by atoms with E-state index in [1.807, 2.05) is 0 Å². The van der Waals surface area contributed by atoms with E-state index in [4.69, 9.17) is 5.73 Å². The summed E-state index contributed by atoms with van der Waals surface area (Å²) in [7, 11) is 0. The van der Waals surface area contributed by atoms with Gasteiger partial charge >= 0.3 is 0 Å². The maximum Gasteiger partial charge on any atom is 0.295 e. The molecule has 5 nitrogen and oxygen atoms in total. The van der Waals surface area contributed by atoms with Crippen LogP contribution in [0.3, 0.4) is 0 Å². The smallest absolute Gasteiger partial charge is 0.295 e. The first kappa shape index (κ1) is 12.7. The predicted molar refractivity (Wildman–Crippen MR) is 72.9 cm³/mol. The summed E-state index contributed by atoms with van der Waals surface area (Å²) >= 11 is 1.79. The minimum atomic E-state index is -2.94. The van der Waals surface area contributed by atoms with Gasteiger partial charge in [0.1, 0.15) is 11.5 Å². The number of anilines is 1. The van der Waals surface area contributed by atoms with Gasteiger partial charge in [0.25, 0.3) is 11.9 Å². The molecule has 2 heterocycles. The normalized spacial score (nSPS) is 15.7. The molecule has 100 valence electrons. The summed E-state index contributed by atoms with van der Waals surface area (Å²) in [6.45, 7) is 0. The Kier molecular flexibility index (Phi) is 2.91. The number of nitrogens with zero attached hydrogens (tertiary/aromatic N) is 4. The molecule has 2 N–H and O–H groups in total. The van der Waals surface area contributed by atoms with E-state index in [1.54, 1.807) is 28.7 Å². The van der Waals surface area contributed by atoms with Gasteiger partial charge in [-0.05, 0) is 41.5 Å². The van der Waals surface area contributed by atoms with Crippen LogP contribution in [0.25, 0.3) is 5.95 Å². The highest BCUT2D eigenvalue weighted by Crippen LogP contribution is 2.50. The van der Waals surface area contributed by atoms with Gasteiger partial charge in [0.2, 0.25) is 0 Å². The van der Waals surface area contributed by atoms with Gasteiger partial charge in [-0.3, -0.25) is 0 Å². The van der Waals surface area contributed by atoms with E-state index in [9.17, 15) is 8.78 Å². The highest BCUT2D eigenvalue weighted by atomic mass is 127. The molecule has 0 aromatic carbocycles. The van der Waals surface area contributed by atoms with Gasteiger partial charge in [0, 0.05) is 18.3 Å². The van der Waals surface area contributed by atoms with Crippen LogP contribution in [0.5, 0.6) is 0 Å². The minimum absolute atomic E-state index is 0.141. The number of aromatic nitrogens is 4. The van der Waals surface area contributed by atoms with E-state index in [0.29, 0.717) is 12.8 Å². The number of halogens is 3. The van der Waals surface area contributed by atoms with Crippen molar-refractivity contribution in [3.63, 3.8) is 0 Å². The molecule has 8 heteroatoms. The van der Waals surface area contributed by atoms with Crippen LogP contribution < -0.4 is 5.73 Å². The summed E-state index contributed by atoms with van der Waals surface area (Å²) in [4.78, 5) is 7.94. The summed E-state index contributed by atoms with van der Waals surface area (Å²) in [6.07, 6.45) is 4.07. The number of rotatable bonds is 3. The summed E-state index contributed by atoms with van der Waals surface area (Å²) in [5.41, 5.74) is 5.56. The van der Waals surface area contributed by atoms with Crippen LogP contribution in [0, 0.1) is 9.49 Å². The first-order valence-electron chi connectivity index (χ1n) is 5.71. The molecule has 1 fully saturated rings.